The number of esters is 1. The molecule has 4 rings (SSSR count). The molecule has 1 fully saturated rings. The summed E-state index contributed by atoms with van der Waals surface area (Å²) in [5.41, 5.74) is 1.20. The highest BCUT2D eigenvalue weighted by Crippen LogP contribution is 2.21. The number of fused-ring (bicyclic) bond motifs is 1. The van der Waals surface area contributed by atoms with Gasteiger partial charge in [-0.15, -0.1) is 5.10 Å². The van der Waals surface area contributed by atoms with Gasteiger partial charge in [-0.2, -0.15) is 4.68 Å². The third-order valence-electron chi connectivity index (χ3n) is 4.69. The predicted molar refractivity (Wildman–Crippen MR) is 102 cm³/mol. The molecule has 0 unspecified atom stereocenters. The SMILES string of the molecule is O=C(OCn1nnc2ccccc2c1=O)c1ccc(N2CCCCC2=O)cc1. The molecule has 0 N–H and O–H groups in total. The van der Waals surface area contributed by atoms with Crippen molar-refractivity contribution in [3.63, 3.8) is 0 Å². The smallest absolute Gasteiger partial charge is 0.339 e. The standard InChI is InChI=1S/C20H18N4O4/c25-18-7-3-4-12-23(18)15-10-8-14(9-11-15)20(27)28-13-24-19(26)16-5-1-2-6-17(16)21-22-24/h1-2,5-6,8-11H,3-4,7,12-13H2. The van der Waals surface area contributed by atoms with Gasteiger partial charge in [0, 0.05) is 18.7 Å². The van der Waals surface area contributed by atoms with Gasteiger partial charge in [-0.05, 0) is 49.2 Å². The lowest BCUT2D eigenvalue weighted by Gasteiger charge is -2.26. The van der Waals surface area contributed by atoms with Crippen LogP contribution in [0.3, 0.4) is 0 Å². The van der Waals surface area contributed by atoms with Crippen LogP contribution in [0.4, 0.5) is 5.69 Å². The fourth-order valence-corrected chi connectivity index (χ4v) is 3.17. The number of benzene rings is 2. The Morgan fingerprint density at radius 3 is 2.61 bits per heavy atom. The Morgan fingerprint density at radius 1 is 1.04 bits per heavy atom. The second kappa shape index (κ2) is 7.59. The van der Waals surface area contributed by atoms with Gasteiger partial charge in [-0.1, -0.05) is 17.3 Å². The minimum absolute atomic E-state index is 0.0934. The first kappa shape index (κ1) is 17.8. The molecule has 8 heteroatoms. The third-order valence-corrected chi connectivity index (χ3v) is 4.69. The van der Waals surface area contributed by atoms with E-state index in [0.717, 1.165) is 23.2 Å². The van der Waals surface area contributed by atoms with E-state index in [1.54, 1.807) is 53.4 Å². The van der Waals surface area contributed by atoms with Crippen LogP contribution in [-0.4, -0.2) is 33.4 Å². The summed E-state index contributed by atoms with van der Waals surface area (Å²) in [7, 11) is 0. The number of rotatable bonds is 4. The zero-order valence-electron chi connectivity index (χ0n) is 15.1. The molecule has 0 atom stereocenters. The van der Waals surface area contributed by atoms with Crippen molar-refractivity contribution in [3.05, 3.63) is 64.4 Å². The minimum atomic E-state index is -0.585. The van der Waals surface area contributed by atoms with Gasteiger partial charge in [-0.25, -0.2) is 4.79 Å². The molecular weight excluding hydrogens is 360 g/mol. The summed E-state index contributed by atoms with van der Waals surface area (Å²) in [5.74, 6) is -0.491. The van der Waals surface area contributed by atoms with Gasteiger partial charge in [0.05, 0.1) is 10.9 Å². The van der Waals surface area contributed by atoms with Crippen LogP contribution in [0.2, 0.25) is 0 Å². The average molecular weight is 378 g/mol. The molecule has 28 heavy (non-hydrogen) atoms. The van der Waals surface area contributed by atoms with Crippen LogP contribution in [-0.2, 0) is 16.3 Å². The lowest BCUT2D eigenvalue weighted by molar-refractivity contribution is -0.119. The van der Waals surface area contributed by atoms with Gasteiger partial charge in [-0.3, -0.25) is 9.59 Å². The normalized spacial score (nSPS) is 14.3. The Bertz CT molecular complexity index is 1090. The number of aromatic nitrogens is 3. The van der Waals surface area contributed by atoms with Crippen molar-refractivity contribution in [1.82, 2.24) is 15.0 Å². The summed E-state index contributed by atoms with van der Waals surface area (Å²) in [5, 5.41) is 8.14. The number of hydrogen-bond donors (Lipinski definition) is 0. The first-order valence-electron chi connectivity index (χ1n) is 9.03. The molecule has 0 aliphatic carbocycles. The number of amides is 1. The highest BCUT2D eigenvalue weighted by atomic mass is 16.5. The van der Waals surface area contributed by atoms with E-state index in [1.807, 2.05) is 0 Å². The summed E-state index contributed by atoms with van der Waals surface area (Å²) >= 11 is 0. The molecular formula is C20H18N4O4. The maximum absolute atomic E-state index is 12.4. The molecule has 1 aliphatic heterocycles. The monoisotopic (exact) mass is 378 g/mol. The molecule has 8 nitrogen and oxygen atoms in total. The molecule has 142 valence electrons. The molecule has 1 amide bonds. The van der Waals surface area contributed by atoms with Crippen LogP contribution in [0, 0.1) is 0 Å². The number of hydrogen-bond acceptors (Lipinski definition) is 6. The Kier molecular flexibility index (Phi) is 4.84. The largest absolute Gasteiger partial charge is 0.439 e. The Labute approximate surface area is 160 Å². The van der Waals surface area contributed by atoms with E-state index in [9.17, 15) is 14.4 Å². The average Bonchev–Trinajstić information content (AvgIpc) is 2.74. The predicted octanol–water partition coefficient (Wildman–Crippen LogP) is 2.12. The summed E-state index contributed by atoms with van der Waals surface area (Å²) < 4.78 is 6.19. The van der Waals surface area contributed by atoms with E-state index in [1.165, 1.54) is 0 Å². The molecule has 0 saturated carbocycles. The maximum atomic E-state index is 12.4. The fraction of sp³-hybridized carbons (Fsp3) is 0.250. The summed E-state index contributed by atoms with van der Waals surface area (Å²) in [6.07, 6.45) is 2.43. The molecule has 0 spiro atoms. The van der Waals surface area contributed by atoms with Crippen LogP contribution in [0.5, 0.6) is 0 Å². The summed E-state index contributed by atoms with van der Waals surface area (Å²) in [4.78, 5) is 38.4. The van der Waals surface area contributed by atoms with Crippen molar-refractivity contribution >= 4 is 28.5 Å². The number of nitrogens with zero attached hydrogens (tertiary/aromatic N) is 4. The van der Waals surface area contributed by atoms with Crippen molar-refractivity contribution in [3.8, 4) is 0 Å². The molecule has 1 aromatic heterocycles. The van der Waals surface area contributed by atoms with Crippen LogP contribution in [0.15, 0.2) is 53.3 Å². The highest BCUT2D eigenvalue weighted by Gasteiger charge is 2.20. The molecule has 2 aromatic carbocycles. The number of carbonyl (C=O) groups is 2. The first-order valence-corrected chi connectivity index (χ1v) is 9.03. The van der Waals surface area contributed by atoms with E-state index in [2.05, 4.69) is 10.3 Å². The first-order chi connectivity index (χ1) is 13.6. The Hall–Kier alpha value is -3.55. The van der Waals surface area contributed by atoms with Gasteiger partial charge in [0.2, 0.25) is 5.91 Å². The molecule has 0 bridgehead atoms. The topological polar surface area (TPSA) is 94.4 Å². The number of piperidine rings is 1. The van der Waals surface area contributed by atoms with Crippen molar-refractivity contribution in [2.24, 2.45) is 0 Å². The van der Waals surface area contributed by atoms with Crippen LogP contribution in [0.1, 0.15) is 29.6 Å². The highest BCUT2D eigenvalue weighted by molar-refractivity contribution is 5.95. The third kappa shape index (κ3) is 3.48. The number of carbonyl (C=O) groups excluding carboxylic acids is 2. The van der Waals surface area contributed by atoms with E-state index in [4.69, 9.17) is 4.74 Å². The Morgan fingerprint density at radius 2 is 1.82 bits per heavy atom. The molecule has 3 aromatic rings. The quantitative estimate of drug-likeness (QED) is 0.646. The van der Waals surface area contributed by atoms with Crippen LogP contribution < -0.4 is 10.5 Å². The fourth-order valence-electron chi connectivity index (χ4n) is 3.17. The summed E-state index contributed by atoms with van der Waals surface area (Å²) in [6, 6.07) is 13.5. The zero-order valence-corrected chi connectivity index (χ0v) is 15.1. The number of ether oxygens (including phenoxy) is 1. The van der Waals surface area contributed by atoms with Gasteiger partial charge >= 0.3 is 5.97 Å². The molecule has 2 heterocycles. The van der Waals surface area contributed by atoms with Gasteiger partial charge in [0.1, 0.15) is 5.52 Å². The van der Waals surface area contributed by atoms with Crippen molar-refractivity contribution in [1.29, 1.82) is 0 Å². The maximum Gasteiger partial charge on any atom is 0.339 e. The lowest BCUT2D eigenvalue weighted by Crippen LogP contribution is -2.35. The summed E-state index contributed by atoms with van der Waals surface area (Å²) in [6.45, 7) is 0.355. The Balaban J connectivity index is 1.45. The van der Waals surface area contributed by atoms with Gasteiger partial charge in [0.15, 0.2) is 6.73 Å². The molecule has 0 radical (unpaired) electrons. The van der Waals surface area contributed by atoms with Crippen LogP contribution >= 0.6 is 0 Å². The van der Waals surface area contributed by atoms with E-state index >= 15 is 0 Å². The van der Waals surface area contributed by atoms with Crippen molar-refractivity contribution in [2.45, 2.75) is 26.0 Å². The van der Waals surface area contributed by atoms with Gasteiger partial charge < -0.3 is 9.64 Å². The van der Waals surface area contributed by atoms with E-state index < -0.39 is 5.97 Å². The minimum Gasteiger partial charge on any atom is -0.439 e. The van der Waals surface area contributed by atoms with Gasteiger partial charge in [0.25, 0.3) is 5.56 Å². The second-order valence-corrected chi connectivity index (χ2v) is 6.52. The molecule has 1 saturated heterocycles. The zero-order chi connectivity index (χ0) is 19.5. The second-order valence-electron chi connectivity index (χ2n) is 6.52. The van der Waals surface area contributed by atoms with Crippen LogP contribution in [0.25, 0.3) is 10.9 Å². The van der Waals surface area contributed by atoms with E-state index in [0.29, 0.717) is 29.4 Å². The number of anilines is 1. The van der Waals surface area contributed by atoms with E-state index in [-0.39, 0.29) is 18.2 Å². The molecule has 1 aliphatic rings. The van der Waals surface area contributed by atoms with Crippen molar-refractivity contribution < 1.29 is 14.3 Å². The lowest BCUT2D eigenvalue weighted by atomic mass is 10.1. The van der Waals surface area contributed by atoms with Crippen molar-refractivity contribution in [2.75, 3.05) is 11.4 Å².